The Morgan fingerprint density at radius 2 is 1.62 bits per heavy atom. The molecule has 0 atom stereocenters. The van der Waals surface area contributed by atoms with Gasteiger partial charge in [-0.1, -0.05) is 47.7 Å². The Morgan fingerprint density at radius 3 is 2.26 bits per heavy atom. The fourth-order valence-electron chi connectivity index (χ4n) is 3.91. The molecule has 1 amide bonds. The molecule has 0 unspecified atom stereocenters. The van der Waals surface area contributed by atoms with Crippen LogP contribution in [-0.4, -0.2) is 69.4 Å². The van der Waals surface area contributed by atoms with Crippen molar-refractivity contribution in [3.8, 4) is 5.75 Å². The summed E-state index contributed by atoms with van der Waals surface area (Å²) in [6, 6.07) is 21.2. The van der Waals surface area contributed by atoms with Gasteiger partial charge in [0.05, 0.1) is 16.2 Å². The summed E-state index contributed by atoms with van der Waals surface area (Å²) in [7, 11) is 1.71. The number of carbonyl (C=O) groups excluding carboxylic acids is 1. The minimum atomic E-state index is -3.72. The van der Waals surface area contributed by atoms with Crippen LogP contribution in [0, 0.1) is 0 Å². The molecular formula is C28H33ClN4O4S2. The molecule has 0 radical (unpaired) electrons. The minimum absolute atomic E-state index is 0. The van der Waals surface area contributed by atoms with Crippen LogP contribution in [0.2, 0.25) is 0 Å². The lowest BCUT2D eigenvalue weighted by Gasteiger charge is -2.22. The highest BCUT2D eigenvalue weighted by molar-refractivity contribution is 7.89. The molecule has 0 saturated heterocycles. The van der Waals surface area contributed by atoms with E-state index < -0.39 is 10.0 Å². The number of anilines is 1. The summed E-state index contributed by atoms with van der Waals surface area (Å²) >= 11 is 1.43. The fourth-order valence-corrected chi connectivity index (χ4v) is 6.08. The van der Waals surface area contributed by atoms with Crippen LogP contribution < -0.4 is 9.64 Å². The van der Waals surface area contributed by atoms with Crippen LogP contribution in [0.4, 0.5) is 5.13 Å². The van der Waals surface area contributed by atoms with Gasteiger partial charge in [0.2, 0.25) is 10.0 Å². The zero-order valence-electron chi connectivity index (χ0n) is 22.4. The van der Waals surface area contributed by atoms with E-state index in [1.54, 1.807) is 24.1 Å². The average Bonchev–Trinajstić information content (AvgIpc) is 3.34. The van der Waals surface area contributed by atoms with E-state index in [1.165, 1.54) is 27.8 Å². The Labute approximate surface area is 240 Å². The number of rotatable bonds is 11. The van der Waals surface area contributed by atoms with Gasteiger partial charge in [0.25, 0.3) is 5.91 Å². The quantitative estimate of drug-likeness (QED) is 0.241. The summed E-state index contributed by atoms with van der Waals surface area (Å²) in [6.07, 6.45) is 0. The lowest BCUT2D eigenvalue weighted by Crippen LogP contribution is -2.36. The van der Waals surface area contributed by atoms with Crippen molar-refractivity contribution in [3.05, 3.63) is 83.9 Å². The summed E-state index contributed by atoms with van der Waals surface area (Å²) in [6.45, 7) is 3.75. The minimum Gasteiger partial charge on any atom is -0.492 e. The SMILES string of the molecule is CCOc1cccc2sc(N(CCN(C)C)C(=O)c3ccc(S(=O)(=O)N(C)Cc4ccccc4)cc3)nc12.Cl. The molecule has 3 aromatic carbocycles. The second-order valence-electron chi connectivity index (χ2n) is 9.06. The van der Waals surface area contributed by atoms with E-state index in [0.29, 0.717) is 36.1 Å². The van der Waals surface area contributed by atoms with Gasteiger partial charge in [0, 0.05) is 32.2 Å². The molecule has 0 saturated carbocycles. The smallest absolute Gasteiger partial charge is 0.260 e. The molecule has 39 heavy (non-hydrogen) atoms. The van der Waals surface area contributed by atoms with Crippen molar-refractivity contribution in [2.45, 2.75) is 18.4 Å². The Kier molecular flexibility index (Phi) is 10.5. The van der Waals surface area contributed by atoms with Crippen molar-refractivity contribution in [1.29, 1.82) is 0 Å². The summed E-state index contributed by atoms with van der Waals surface area (Å²) in [5.41, 5.74) is 2.00. The number of thiazole rings is 1. The summed E-state index contributed by atoms with van der Waals surface area (Å²) in [4.78, 5) is 22.2. The first-order valence-corrected chi connectivity index (χ1v) is 14.6. The maximum atomic E-state index is 13.7. The molecule has 0 bridgehead atoms. The standard InChI is InChI=1S/C28H32N4O4S2.ClH/c1-5-36-24-12-9-13-25-26(24)29-28(37-25)32(19-18-30(2)3)27(33)22-14-16-23(17-15-22)38(34,35)31(4)20-21-10-7-6-8-11-21;/h6-17H,5,18-20H2,1-4H3;1H. The number of ether oxygens (including phenoxy) is 1. The van der Waals surface area contributed by atoms with Gasteiger partial charge in [-0.2, -0.15) is 4.31 Å². The Hall–Kier alpha value is -3.02. The number of fused-ring (bicyclic) bond motifs is 1. The molecule has 208 valence electrons. The Morgan fingerprint density at radius 1 is 0.923 bits per heavy atom. The highest BCUT2D eigenvalue weighted by Crippen LogP contribution is 2.35. The maximum absolute atomic E-state index is 13.7. The number of carbonyl (C=O) groups is 1. The molecule has 8 nitrogen and oxygen atoms in total. The third kappa shape index (κ3) is 7.14. The van der Waals surface area contributed by atoms with Gasteiger partial charge in [0.15, 0.2) is 5.13 Å². The molecule has 0 aliphatic rings. The summed E-state index contributed by atoms with van der Waals surface area (Å²) < 4.78 is 34.2. The van der Waals surface area contributed by atoms with Crippen LogP contribution in [-0.2, 0) is 16.6 Å². The van der Waals surface area contributed by atoms with E-state index in [4.69, 9.17) is 9.72 Å². The second kappa shape index (κ2) is 13.4. The van der Waals surface area contributed by atoms with Gasteiger partial charge in [0.1, 0.15) is 11.3 Å². The van der Waals surface area contributed by atoms with Gasteiger partial charge in [-0.3, -0.25) is 9.69 Å². The Balaban J connectivity index is 0.00000420. The number of aromatic nitrogens is 1. The number of likely N-dealkylation sites (N-methyl/N-ethyl adjacent to an activating group) is 1. The van der Waals surface area contributed by atoms with Crippen LogP contribution in [0.3, 0.4) is 0 Å². The van der Waals surface area contributed by atoms with Crippen molar-refractivity contribution in [2.75, 3.05) is 45.7 Å². The van der Waals surface area contributed by atoms with E-state index >= 15 is 0 Å². The Bertz CT molecular complexity index is 1490. The van der Waals surface area contributed by atoms with E-state index in [9.17, 15) is 13.2 Å². The van der Waals surface area contributed by atoms with Crippen molar-refractivity contribution in [3.63, 3.8) is 0 Å². The van der Waals surface area contributed by atoms with Crippen molar-refractivity contribution in [2.24, 2.45) is 0 Å². The predicted octanol–water partition coefficient (Wildman–Crippen LogP) is 5.15. The molecule has 0 fully saturated rings. The molecule has 11 heteroatoms. The number of sulfonamides is 1. The van der Waals surface area contributed by atoms with Gasteiger partial charge in [-0.25, -0.2) is 13.4 Å². The number of nitrogens with zero attached hydrogens (tertiary/aromatic N) is 4. The van der Waals surface area contributed by atoms with Gasteiger partial charge in [-0.05, 0) is 63.0 Å². The fraction of sp³-hybridized carbons (Fsp3) is 0.286. The van der Waals surface area contributed by atoms with Gasteiger partial charge >= 0.3 is 0 Å². The summed E-state index contributed by atoms with van der Waals surface area (Å²) in [5, 5.41) is 0.568. The third-order valence-corrected chi connectivity index (χ3v) is 8.84. The van der Waals surface area contributed by atoms with Crippen LogP contribution in [0.5, 0.6) is 5.75 Å². The topological polar surface area (TPSA) is 83.0 Å². The van der Waals surface area contributed by atoms with E-state index in [1.807, 2.05) is 74.4 Å². The maximum Gasteiger partial charge on any atom is 0.260 e. The molecule has 4 aromatic rings. The molecule has 0 spiro atoms. The predicted molar refractivity (Wildman–Crippen MR) is 160 cm³/mol. The van der Waals surface area contributed by atoms with E-state index in [0.717, 1.165) is 15.8 Å². The van der Waals surface area contributed by atoms with Gasteiger partial charge in [-0.15, -0.1) is 12.4 Å². The molecule has 0 aliphatic carbocycles. The van der Waals surface area contributed by atoms with Crippen LogP contribution in [0.15, 0.2) is 77.7 Å². The molecule has 4 rings (SSSR count). The molecule has 0 aliphatic heterocycles. The highest BCUT2D eigenvalue weighted by atomic mass is 35.5. The van der Waals surface area contributed by atoms with Crippen LogP contribution >= 0.6 is 23.7 Å². The van der Waals surface area contributed by atoms with Crippen molar-refractivity contribution >= 4 is 55.0 Å². The number of benzene rings is 3. The van der Waals surface area contributed by atoms with Crippen molar-refractivity contribution in [1.82, 2.24) is 14.2 Å². The zero-order chi connectivity index (χ0) is 27.3. The van der Waals surface area contributed by atoms with Gasteiger partial charge < -0.3 is 9.64 Å². The first-order chi connectivity index (χ1) is 18.2. The zero-order valence-corrected chi connectivity index (χ0v) is 24.9. The normalized spacial score (nSPS) is 11.5. The number of amides is 1. The lowest BCUT2D eigenvalue weighted by molar-refractivity contribution is 0.0985. The first-order valence-electron chi connectivity index (χ1n) is 12.3. The lowest BCUT2D eigenvalue weighted by atomic mass is 10.2. The number of hydrogen-bond donors (Lipinski definition) is 0. The average molecular weight is 589 g/mol. The second-order valence-corrected chi connectivity index (χ2v) is 12.1. The van der Waals surface area contributed by atoms with E-state index in [-0.39, 0.29) is 29.8 Å². The van der Waals surface area contributed by atoms with Crippen molar-refractivity contribution < 1.29 is 17.9 Å². The number of hydrogen-bond acceptors (Lipinski definition) is 7. The van der Waals surface area contributed by atoms with E-state index in [2.05, 4.69) is 0 Å². The number of halogens is 1. The van der Waals surface area contributed by atoms with Crippen LogP contribution in [0.1, 0.15) is 22.8 Å². The first kappa shape index (κ1) is 30.5. The third-order valence-electron chi connectivity index (χ3n) is 5.97. The monoisotopic (exact) mass is 588 g/mol. The number of para-hydroxylation sites is 1. The van der Waals surface area contributed by atoms with Crippen LogP contribution in [0.25, 0.3) is 10.2 Å². The molecule has 1 heterocycles. The molecular weight excluding hydrogens is 556 g/mol. The summed E-state index contributed by atoms with van der Waals surface area (Å²) in [5.74, 6) is 0.437. The molecule has 1 aromatic heterocycles. The molecule has 0 N–H and O–H groups in total. The largest absolute Gasteiger partial charge is 0.492 e. The highest BCUT2D eigenvalue weighted by Gasteiger charge is 2.25.